The first-order valence-electron chi connectivity index (χ1n) is 8.90. The van der Waals surface area contributed by atoms with Crippen LogP contribution in [-0.4, -0.2) is 0 Å². The third-order valence-corrected chi connectivity index (χ3v) is 5.27. The maximum absolute atomic E-state index is 2.00. The molecule has 18 heavy (non-hydrogen) atoms. The molecule has 0 saturated heterocycles. The molecule has 0 aliphatic heterocycles. The molecule has 0 aromatic carbocycles. The zero-order valence-electron chi connectivity index (χ0n) is 13.4. The summed E-state index contributed by atoms with van der Waals surface area (Å²) in [5.74, 6) is 4.69. The van der Waals surface area contributed by atoms with Crippen molar-refractivity contribution in [3.05, 3.63) is 0 Å². The van der Waals surface area contributed by atoms with Gasteiger partial charge in [-0.25, -0.2) is 0 Å². The quantitative estimate of drug-likeness (QED) is 0.465. The Morgan fingerprint density at radius 2 is 0.556 bits per heavy atom. The molecule has 4 saturated carbocycles. The Bertz CT molecular complexity index is 138. The Balaban J connectivity index is 0.000000142. The van der Waals surface area contributed by atoms with Crippen LogP contribution in [0.3, 0.4) is 0 Å². The van der Waals surface area contributed by atoms with Crippen molar-refractivity contribution >= 4 is 0 Å². The lowest BCUT2D eigenvalue weighted by atomic mass is 10.0. The lowest BCUT2D eigenvalue weighted by Gasteiger charge is -2.05. The first kappa shape index (κ1) is 16.1. The van der Waals surface area contributed by atoms with Gasteiger partial charge in [0.05, 0.1) is 0 Å². The van der Waals surface area contributed by atoms with Crippen LogP contribution >= 0.6 is 0 Å². The van der Waals surface area contributed by atoms with Crippen molar-refractivity contribution < 1.29 is 0 Å². The summed E-state index contributed by atoms with van der Waals surface area (Å²) in [6, 6.07) is 0. The highest BCUT2D eigenvalue weighted by Crippen LogP contribution is 2.44. The monoisotopic (exact) mass is 252 g/mol. The molecule has 108 valence electrons. The summed E-state index contributed by atoms with van der Waals surface area (Å²) in [7, 11) is 0. The Labute approximate surface area is 116 Å². The summed E-state index contributed by atoms with van der Waals surface area (Å²) in [5, 5.41) is 0. The SMILES string of the molecule is C1CC2CCC1C2.C1CC2CCC1C2.CC.CC. The van der Waals surface area contributed by atoms with Gasteiger partial charge < -0.3 is 0 Å². The Kier molecular flexibility index (Phi) is 8.02. The van der Waals surface area contributed by atoms with Crippen LogP contribution in [0.15, 0.2) is 0 Å². The molecule has 4 aliphatic carbocycles. The highest BCUT2D eigenvalue weighted by molar-refractivity contribution is 4.83. The van der Waals surface area contributed by atoms with E-state index in [0.717, 1.165) is 0 Å². The average Bonchev–Trinajstić information content (AvgIpc) is 3.25. The molecule has 0 amide bonds. The van der Waals surface area contributed by atoms with E-state index in [1.165, 1.54) is 23.7 Å². The van der Waals surface area contributed by atoms with Gasteiger partial charge >= 0.3 is 0 Å². The van der Waals surface area contributed by atoms with Gasteiger partial charge in [0.1, 0.15) is 0 Å². The second-order valence-electron chi connectivity index (χ2n) is 6.24. The maximum atomic E-state index is 2.00. The van der Waals surface area contributed by atoms with E-state index in [9.17, 15) is 0 Å². The van der Waals surface area contributed by atoms with Crippen LogP contribution in [0.4, 0.5) is 0 Å². The van der Waals surface area contributed by atoms with Crippen molar-refractivity contribution in [1.82, 2.24) is 0 Å². The van der Waals surface area contributed by atoms with Crippen molar-refractivity contribution in [2.24, 2.45) is 23.7 Å². The minimum atomic E-state index is 1.17. The van der Waals surface area contributed by atoms with Crippen molar-refractivity contribution in [2.45, 2.75) is 91.9 Å². The summed E-state index contributed by atoms with van der Waals surface area (Å²) < 4.78 is 0. The van der Waals surface area contributed by atoms with Crippen molar-refractivity contribution in [1.29, 1.82) is 0 Å². The fourth-order valence-corrected chi connectivity index (χ4v) is 4.35. The third-order valence-electron chi connectivity index (χ3n) is 5.27. The number of hydrogen-bond acceptors (Lipinski definition) is 0. The normalized spacial score (nSPS) is 38.0. The maximum Gasteiger partial charge on any atom is -0.0411 e. The Morgan fingerprint density at radius 3 is 0.611 bits per heavy atom. The summed E-state index contributed by atoms with van der Waals surface area (Å²) in [6.07, 6.45) is 15.6. The van der Waals surface area contributed by atoms with E-state index in [0.29, 0.717) is 0 Å². The lowest BCUT2D eigenvalue weighted by Crippen LogP contribution is -1.90. The Hall–Kier alpha value is 0. The highest BCUT2D eigenvalue weighted by Gasteiger charge is 2.31. The summed E-state index contributed by atoms with van der Waals surface area (Å²) >= 11 is 0. The molecule has 0 N–H and O–H groups in total. The van der Waals surface area contributed by atoms with Crippen LogP contribution in [-0.2, 0) is 0 Å². The molecule has 0 aromatic rings. The van der Waals surface area contributed by atoms with Crippen LogP contribution < -0.4 is 0 Å². The molecule has 0 radical (unpaired) electrons. The van der Waals surface area contributed by atoms with E-state index >= 15 is 0 Å². The fraction of sp³-hybridized carbons (Fsp3) is 1.00. The predicted octanol–water partition coefficient (Wildman–Crippen LogP) is 6.45. The summed E-state index contributed by atoms with van der Waals surface area (Å²) in [4.78, 5) is 0. The van der Waals surface area contributed by atoms with Crippen LogP contribution in [0.25, 0.3) is 0 Å². The van der Waals surface area contributed by atoms with E-state index in [1.807, 2.05) is 27.7 Å². The first-order valence-corrected chi connectivity index (χ1v) is 8.90. The molecule has 0 spiro atoms. The molecular weight excluding hydrogens is 216 g/mol. The van der Waals surface area contributed by atoms with Gasteiger partial charge in [-0.05, 0) is 36.5 Å². The van der Waals surface area contributed by atoms with Crippen LogP contribution in [0, 0.1) is 23.7 Å². The third kappa shape index (κ3) is 4.59. The van der Waals surface area contributed by atoms with Gasteiger partial charge in [0.25, 0.3) is 0 Å². The summed E-state index contributed by atoms with van der Waals surface area (Å²) in [5.41, 5.74) is 0. The Morgan fingerprint density at radius 1 is 0.389 bits per heavy atom. The minimum absolute atomic E-state index is 1.17. The van der Waals surface area contributed by atoms with Gasteiger partial charge in [-0.15, -0.1) is 0 Å². The number of rotatable bonds is 0. The van der Waals surface area contributed by atoms with E-state index in [4.69, 9.17) is 0 Å². The van der Waals surface area contributed by atoms with Crippen LogP contribution in [0.5, 0.6) is 0 Å². The van der Waals surface area contributed by atoms with E-state index in [2.05, 4.69) is 0 Å². The van der Waals surface area contributed by atoms with Crippen LogP contribution in [0.1, 0.15) is 91.9 Å². The molecule has 4 aliphatic rings. The molecule has 4 rings (SSSR count). The van der Waals surface area contributed by atoms with Gasteiger partial charge in [-0.3, -0.25) is 0 Å². The number of fused-ring (bicyclic) bond motifs is 4. The van der Waals surface area contributed by atoms with E-state index < -0.39 is 0 Å². The molecule has 0 heteroatoms. The molecular formula is C18H36. The molecule has 0 nitrogen and oxygen atoms in total. The van der Waals surface area contributed by atoms with Crippen LogP contribution in [0.2, 0.25) is 0 Å². The minimum Gasteiger partial charge on any atom is -0.0683 e. The molecule has 4 bridgehead atoms. The molecule has 0 aromatic heterocycles. The van der Waals surface area contributed by atoms with Crippen molar-refractivity contribution in [3.63, 3.8) is 0 Å². The van der Waals surface area contributed by atoms with E-state index in [-0.39, 0.29) is 0 Å². The molecule has 0 atom stereocenters. The smallest absolute Gasteiger partial charge is 0.0411 e. The van der Waals surface area contributed by atoms with Crippen molar-refractivity contribution in [2.75, 3.05) is 0 Å². The molecule has 0 heterocycles. The van der Waals surface area contributed by atoms with Gasteiger partial charge in [0.2, 0.25) is 0 Å². The predicted molar refractivity (Wildman–Crippen MR) is 82.8 cm³/mol. The highest BCUT2D eigenvalue weighted by atomic mass is 14.4. The number of hydrogen-bond donors (Lipinski definition) is 0. The molecule has 0 unspecified atom stereocenters. The zero-order valence-corrected chi connectivity index (χ0v) is 13.4. The average molecular weight is 252 g/mol. The molecule has 4 fully saturated rings. The zero-order chi connectivity index (χ0) is 13.4. The lowest BCUT2D eigenvalue weighted by molar-refractivity contribution is 0.480. The topological polar surface area (TPSA) is 0 Å². The largest absolute Gasteiger partial charge is 0.0683 e. The van der Waals surface area contributed by atoms with Gasteiger partial charge in [-0.1, -0.05) is 79.1 Å². The van der Waals surface area contributed by atoms with Gasteiger partial charge in [0.15, 0.2) is 0 Å². The van der Waals surface area contributed by atoms with Gasteiger partial charge in [-0.2, -0.15) is 0 Å². The second-order valence-corrected chi connectivity index (χ2v) is 6.24. The fourth-order valence-electron chi connectivity index (χ4n) is 4.35. The van der Waals surface area contributed by atoms with Crippen molar-refractivity contribution in [3.8, 4) is 0 Å². The van der Waals surface area contributed by atoms with Gasteiger partial charge in [0, 0.05) is 0 Å². The standard InChI is InChI=1S/2C7H12.2C2H6/c2*1-2-7-4-3-6(1)5-7;2*1-2/h2*6-7H,1-5H2;2*1-2H3. The first-order chi connectivity index (χ1) is 8.90. The summed E-state index contributed by atoms with van der Waals surface area (Å²) in [6.45, 7) is 8.00. The van der Waals surface area contributed by atoms with E-state index in [1.54, 1.807) is 64.2 Å². The second kappa shape index (κ2) is 8.99.